The summed E-state index contributed by atoms with van der Waals surface area (Å²) in [5.74, 6) is 0.830. The molecule has 0 spiro atoms. The first-order chi connectivity index (χ1) is 8.17. The lowest BCUT2D eigenvalue weighted by molar-refractivity contribution is 0.475. The van der Waals surface area contributed by atoms with Crippen LogP contribution >= 0.6 is 0 Å². The van der Waals surface area contributed by atoms with Crippen LogP contribution in [0.3, 0.4) is 0 Å². The Morgan fingerprint density at radius 1 is 1.18 bits per heavy atom. The second kappa shape index (κ2) is 3.49. The van der Waals surface area contributed by atoms with Crippen molar-refractivity contribution in [3.05, 3.63) is 36.3 Å². The van der Waals surface area contributed by atoms with Crippen molar-refractivity contribution in [2.45, 2.75) is 18.4 Å². The number of hydrogen-bond donors (Lipinski definition) is 2. The average Bonchev–Trinajstić information content (AvgIpc) is 3.10. The summed E-state index contributed by atoms with van der Waals surface area (Å²) in [5.41, 5.74) is 7.28. The van der Waals surface area contributed by atoms with E-state index in [4.69, 9.17) is 5.73 Å². The number of benzene rings is 1. The number of rotatable bonds is 2. The van der Waals surface area contributed by atoms with E-state index in [9.17, 15) is 5.11 Å². The topological polar surface area (TPSA) is 84.9 Å². The summed E-state index contributed by atoms with van der Waals surface area (Å²) < 4.78 is 0. The molecular weight excluding hydrogens is 216 g/mol. The summed E-state index contributed by atoms with van der Waals surface area (Å²) in [4.78, 5) is 4.43. The van der Waals surface area contributed by atoms with Gasteiger partial charge in [0.15, 0.2) is 5.82 Å². The van der Waals surface area contributed by atoms with Crippen molar-refractivity contribution in [1.29, 1.82) is 0 Å². The van der Waals surface area contributed by atoms with Crippen LogP contribution in [-0.4, -0.2) is 20.3 Å². The number of aromatic hydroxyl groups is 1. The molecule has 3 rings (SSSR count). The van der Waals surface area contributed by atoms with Crippen molar-refractivity contribution < 1.29 is 5.11 Å². The number of hydrogen-bond acceptors (Lipinski definition) is 5. The molecule has 0 bridgehead atoms. The highest BCUT2D eigenvalue weighted by Gasteiger charge is 2.43. The van der Waals surface area contributed by atoms with E-state index in [0.717, 1.165) is 24.1 Å². The van der Waals surface area contributed by atoms with Crippen molar-refractivity contribution in [3.63, 3.8) is 0 Å². The Labute approximate surface area is 98.3 Å². The molecule has 2 aromatic rings. The molecule has 0 saturated heterocycles. The van der Waals surface area contributed by atoms with Crippen molar-refractivity contribution in [1.82, 2.24) is 15.2 Å². The van der Waals surface area contributed by atoms with Crippen LogP contribution in [0.2, 0.25) is 0 Å². The van der Waals surface area contributed by atoms with Crippen molar-refractivity contribution in [2.75, 3.05) is 0 Å². The molecule has 1 aliphatic carbocycles. The van der Waals surface area contributed by atoms with Crippen LogP contribution in [0.4, 0.5) is 0 Å². The largest absolute Gasteiger partial charge is 0.508 e. The highest BCUT2D eigenvalue weighted by atomic mass is 16.3. The van der Waals surface area contributed by atoms with Gasteiger partial charge in [-0.2, -0.15) is 5.10 Å². The molecule has 1 heterocycles. The Kier molecular flexibility index (Phi) is 2.09. The standard InChI is InChI=1S/C12H12N4O/c13-12(5-6-12)11-15-10(7-14-16-11)8-1-3-9(17)4-2-8/h1-4,7,17H,5-6,13H2. The molecule has 5 nitrogen and oxygen atoms in total. The fourth-order valence-electron chi connectivity index (χ4n) is 1.64. The first-order valence-electron chi connectivity index (χ1n) is 5.46. The molecule has 1 saturated carbocycles. The molecule has 1 aromatic heterocycles. The van der Waals surface area contributed by atoms with Crippen LogP contribution in [0.25, 0.3) is 11.3 Å². The van der Waals surface area contributed by atoms with E-state index in [1.807, 2.05) is 0 Å². The van der Waals surface area contributed by atoms with Gasteiger partial charge >= 0.3 is 0 Å². The van der Waals surface area contributed by atoms with Gasteiger partial charge in [-0.25, -0.2) is 4.98 Å². The Hall–Kier alpha value is -2.01. The van der Waals surface area contributed by atoms with Gasteiger partial charge in [0.2, 0.25) is 0 Å². The minimum Gasteiger partial charge on any atom is -0.508 e. The zero-order valence-electron chi connectivity index (χ0n) is 9.17. The molecule has 5 heteroatoms. The molecule has 0 radical (unpaired) electrons. The summed E-state index contributed by atoms with van der Waals surface area (Å²) >= 11 is 0. The molecule has 0 unspecified atom stereocenters. The molecule has 0 atom stereocenters. The molecule has 1 fully saturated rings. The van der Waals surface area contributed by atoms with Crippen LogP contribution in [0, 0.1) is 0 Å². The maximum Gasteiger partial charge on any atom is 0.171 e. The zero-order valence-corrected chi connectivity index (χ0v) is 9.17. The number of phenols is 1. The van der Waals surface area contributed by atoms with E-state index in [0.29, 0.717) is 5.82 Å². The monoisotopic (exact) mass is 228 g/mol. The maximum atomic E-state index is 9.23. The fourth-order valence-corrected chi connectivity index (χ4v) is 1.64. The summed E-state index contributed by atoms with van der Waals surface area (Å²) in [6.07, 6.45) is 3.42. The Bertz CT molecular complexity index is 549. The molecule has 1 aromatic carbocycles. The second-order valence-corrected chi connectivity index (χ2v) is 4.37. The quantitative estimate of drug-likeness (QED) is 0.806. The van der Waals surface area contributed by atoms with Crippen molar-refractivity contribution >= 4 is 0 Å². The summed E-state index contributed by atoms with van der Waals surface area (Å²) in [7, 11) is 0. The van der Waals surface area contributed by atoms with E-state index in [1.165, 1.54) is 0 Å². The van der Waals surface area contributed by atoms with Gasteiger partial charge in [0.25, 0.3) is 0 Å². The first-order valence-corrected chi connectivity index (χ1v) is 5.46. The summed E-state index contributed by atoms with van der Waals surface area (Å²) in [6, 6.07) is 6.82. The molecular formula is C12H12N4O. The minimum absolute atomic E-state index is 0.230. The van der Waals surface area contributed by atoms with Crippen LogP contribution in [0.15, 0.2) is 30.5 Å². The number of phenolic OH excluding ortho intramolecular Hbond substituents is 1. The van der Waals surface area contributed by atoms with Gasteiger partial charge in [-0.15, -0.1) is 5.10 Å². The lowest BCUT2D eigenvalue weighted by atomic mass is 10.1. The normalized spacial score (nSPS) is 16.8. The van der Waals surface area contributed by atoms with E-state index in [-0.39, 0.29) is 11.3 Å². The number of aromatic nitrogens is 3. The predicted molar refractivity (Wildman–Crippen MR) is 62.0 cm³/mol. The lowest BCUT2D eigenvalue weighted by Gasteiger charge is -2.07. The van der Waals surface area contributed by atoms with Crippen molar-refractivity contribution in [2.24, 2.45) is 5.73 Å². The highest BCUT2D eigenvalue weighted by molar-refractivity contribution is 5.58. The van der Waals surface area contributed by atoms with Gasteiger partial charge in [0.05, 0.1) is 17.4 Å². The fraction of sp³-hybridized carbons (Fsp3) is 0.250. The van der Waals surface area contributed by atoms with Gasteiger partial charge < -0.3 is 10.8 Å². The van der Waals surface area contributed by atoms with Crippen LogP contribution in [0.1, 0.15) is 18.7 Å². The minimum atomic E-state index is -0.375. The number of nitrogens with two attached hydrogens (primary N) is 1. The van der Waals surface area contributed by atoms with E-state index in [2.05, 4.69) is 15.2 Å². The van der Waals surface area contributed by atoms with E-state index >= 15 is 0 Å². The third-order valence-corrected chi connectivity index (χ3v) is 2.96. The second-order valence-electron chi connectivity index (χ2n) is 4.37. The average molecular weight is 228 g/mol. The molecule has 3 N–H and O–H groups in total. The van der Waals surface area contributed by atoms with Gasteiger partial charge in [-0.1, -0.05) is 0 Å². The lowest BCUT2D eigenvalue weighted by Crippen LogP contribution is -2.22. The maximum absolute atomic E-state index is 9.23. The Morgan fingerprint density at radius 2 is 1.88 bits per heavy atom. The molecule has 1 aliphatic rings. The Morgan fingerprint density at radius 3 is 2.53 bits per heavy atom. The van der Waals surface area contributed by atoms with Gasteiger partial charge in [0.1, 0.15) is 5.75 Å². The SMILES string of the molecule is NC1(c2nncc(-c3ccc(O)cc3)n2)CC1. The number of nitrogens with zero attached hydrogens (tertiary/aromatic N) is 3. The molecule has 0 amide bonds. The molecule has 17 heavy (non-hydrogen) atoms. The van der Waals surface area contributed by atoms with E-state index < -0.39 is 0 Å². The Balaban J connectivity index is 2.00. The first kappa shape index (κ1) is 10.2. The third-order valence-electron chi connectivity index (χ3n) is 2.96. The summed E-state index contributed by atoms with van der Waals surface area (Å²) in [6.45, 7) is 0. The highest BCUT2D eigenvalue weighted by Crippen LogP contribution is 2.40. The van der Waals surface area contributed by atoms with Crippen molar-refractivity contribution in [3.8, 4) is 17.0 Å². The smallest absolute Gasteiger partial charge is 0.171 e. The van der Waals surface area contributed by atoms with Crippen LogP contribution < -0.4 is 5.73 Å². The summed E-state index contributed by atoms with van der Waals surface area (Å²) in [5, 5.41) is 17.1. The van der Waals surface area contributed by atoms with Crippen LogP contribution in [0.5, 0.6) is 5.75 Å². The van der Waals surface area contributed by atoms with E-state index in [1.54, 1.807) is 30.5 Å². The van der Waals surface area contributed by atoms with Gasteiger partial charge in [0, 0.05) is 5.56 Å². The van der Waals surface area contributed by atoms with Gasteiger partial charge in [-0.05, 0) is 37.1 Å². The zero-order chi connectivity index (χ0) is 11.9. The van der Waals surface area contributed by atoms with Crippen LogP contribution in [-0.2, 0) is 5.54 Å². The third kappa shape index (κ3) is 1.85. The van der Waals surface area contributed by atoms with Gasteiger partial charge in [-0.3, -0.25) is 0 Å². The molecule has 86 valence electrons. The predicted octanol–water partition coefficient (Wildman–Crippen LogP) is 1.19. The molecule has 0 aliphatic heterocycles.